The van der Waals surface area contributed by atoms with Crippen molar-refractivity contribution in [3.05, 3.63) is 34.5 Å². The van der Waals surface area contributed by atoms with Crippen LogP contribution in [0, 0.1) is 13.8 Å². The summed E-state index contributed by atoms with van der Waals surface area (Å²) in [6, 6.07) is 4.32. The molecule has 142 valence electrons. The predicted molar refractivity (Wildman–Crippen MR) is 108 cm³/mol. The fourth-order valence-corrected chi connectivity index (χ4v) is 4.31. The summed E-state index contributed by atoms with van der Waals surface area (Å²) >= 11 is 1.81. The molecule has 0 aliphatic carbocycles. The lowest BCUT2D eigenvalue weighted by atomic mass is 10.00. The van der Waals surface area contributed by atoms with Crippen LogP contribution in [-0.4, -0.2) is 55.3 Å². The first-order chi connectivity index (χ1) is 12.6. The Morgan fingerprint density at radius 1 is 1.35 bits per heavy atom. The van der Waals surface area contributed by atoms with Gasteiger partial charge in [-0.05, 0) is 38.3 Å². The van der Waals surface area contributed by atoms with Crippen molar-refractivity contribution in [2.75, 3.05) is 44.2 Å². The Bertz CT molecular complexity index is 697. The van der Waals surface area contributed by atoms with Gasteiger partial charge in [0.2, 0.25) is 0 Å². The summed E-state index contributed by atoms with van der Waals surface area (Å²) in [5.41, 5.74) is 2.16. The average Bonchev–Trinajstić information content (AvgIpc) is 3.29. The number of hydrogen-bond donors (Lipinski definition) is 1. The van der Waals surface area contributed by atoms with Crippen LogP contribution in [0.4, 0.5) is 5.00 Å². The molecule has 0 spiro atoms. The summed E-state index contributed by atoms with van der Waals surface area (Å²) in [5, 5.41) is 11.0. The summed E-state index contributed by atoms with van der Waals surface area (Å²) in [6.07, 6.45) is 0. The number of nitrogens with one attached hydrogen (secondary N) is 1. The summed E-state index contributed by atoms with van der Waals surface area (Å²) in [7, 11) is 0. The van der Waals surface area contributed by atoms with Gasteiger partial charge >= 0.3 is 0 Å². The molecule has 1 N–H and O–H groups in total. The number of aliphatic imine (C=N–C) groups is 1. The molecule has 2 aromatic rings. The van der Waals surface area contributed by atoms with Crippen LogP contribution >= 0.6 is 11.3 Å². The molecule has 0 saturated carbocycles. The number of aryl methyl sites for hydroxylation is 2. The maximum atomic E-state index is 5.31. The third kappa shape index (κ3) is 4.20. The number of piperazine rings is 1. The molecule has 1 atom stereocenters. The van der Waals surface area contributed by atoms with E-state index < -0.39 is 0 Å². The second-order valence-electron chi connectivity index (χ2n) is 6.76. The van der Waals surface area contributed by atoms with E-state index in [9.17, 15) is 0 Å². The van der Waals surface area contributed by atoms with Gasteiger partial charge in [0, 0.05) is 50.7 Å². The van der Waals surface area contributed by atoms with E-state index in [-0.39, 0.29) is 0 Å². The van der Waals surface area contributed by atoms with E-state index in [2.05, 4.69) is 51.6 Å². The Labute approximate surface area is 159 Å². The van der Waals surface area contributed by atoms with Gasteiger partial charge < -0.3 is 19.6 Å². The molecule has 0 amide bonds. The largest absolute Gasteiger partial charge is 0.361 e. The monoisotopic (exact) mass is 375 g/mol. The highest BCUT2D eigenvalue weighted by atomic mass is 32.1. The first kappa shape index (κ1) is 18.8. The quantitative estimate of drug-likeness (QED) is 0.642. The molecule has 0 bridgehead atoms. The molecule has 1 aliphatic rings. The maximum Gasteiger partial charge on any atom is 0.194 e. The third-order valence-corrected chi connectivity index (χ3v) is 5.76. The molecule has 1 unspecified atom stereocenters. The van der Waals surface area contributed by atoms with Crippen molar-refractivity contribution < 1.29 is 4.52 Å². The van der Waals surface area contributed by atoms with Gasteiger partial charge in [0.1, 0.15) is 5.76 Å². The van der Waals surface area contributed by atoms with Crippen molar-refractivity contribution in [1.29, 1.82) is 0 Å². The standard InChI is InChI=1S/C19H29N5OS/c1-5-20-19(21-13-14(2)18-15(3)22-25-16(18)4)24-10-8-23(9-11-24)17-7-6-12-26-17/h6-7,12,14H,5,8-11,13H2,1-4H3,(H,20,21). The van der Waals surface area contributed by atoms with Gasteiger partial charge in [-0.15, -0.1) is 11.3 Å². The van der Waals surface area contributed by atoms with Crippen LogP contribution in [0.1, 0.15) is 36.8 Å². The topological polar surface area (TPSA) is 56.9 Å². The van der Waals surface area contributed by atoms with E-state index in [1.165, 1.54) is 10.6 Å². The van der Waals surface area contributed by atoms with E-state index in [4.69, 9.17) is 9.52 Å². The highest BCUT2D eigenvalue weighted by Crippen LogP contribution is 2.24. The van der Waals surface area contributed by atoms with Crippen molar-refractivity contribution in [3.63, 3.8) is 0 Å². The Balaban J connectivity index is 1.62. The maximum absolute atomic E-state index is 5.31. The zero-order valence-corrected chi connectivity index (χ0v) is 17.0. The van der Waals surface area contributed by atoms with E-state index in [1.54, 1.807) is 0 Å². The molecule has 6 nitrogen and oxygen atoms in total. The first-order valence-corrected chi connectivity index (χ1v) is 10.2. The molecule has 7 heteroatoms. The van der Waals surface area contributed by atoms with Gasteiger partial charge in [-0.3, -0.25) is 4.99 Å². The second-order valence-corrected chi connectivity index (χ2v) is 7.69. The number of guanidine groups is 1. The van der Waals surface area contributed by atoms with Gasteiger partial charge in [-0.1, -0.05) is 12.1 Å². The minimum absolute atomic E-state index is 0.294. The number of hydrogen-bond acceptors (Lipinski definition) is 5. The normalized spacial score (nSPS) is 16.8. The number of nitrogens with zero attached hydrogens (tertiary/aromatic N) is 4. The Morgan fingerprint density at radius 2 is 2.12 bits per heavy atom. The Hall–Kier alpha value is -2.02. The lowest BCUT2D eigenvalue weighted by molar-refractivity contribution is 0.373. The summed E-state index contributed by atoms with van der Waals surface area (Å²) in [4.78, 5) is 9.73. The second kappa shape index (κ2) is 8.58. The minimum Gasteiger partial charge on any atom is -0.361 e. The molecular weight excluding hydrogens is 346 g/mol. The molecule has 1 aliphatic heterocycles. The number of aromatic nitrogens is 1. The first-order valence-electron chi connectivity index (χ1n) is 9.34. The third-order valence-electron chi connectivity index (χ3n) is 4.83. The number of anilines is 1. The zero-order valence-electron chi connectivity index (χ0n) is 16.2. The van der Waals surface area contributed by atoms with Crippen LogP contribution in [0.5, 0.6) is 0 Å². The number of rotatable bonds is 5. The van der Waals surface area contributed by atoms with Crippen molar-refractivity contribution in [1.82, 2.24) is 15.4 Å². The highest BCUT2D eigenvalue weighted by molar-refractivity contribution is 7.14. The van der Waals surface area contributed by atoms with Gasteiger partial charge in [0.25, 0.3) is 0 Å². The van der Waals surface area contributed by atoms with E-state index in [1.807, 2.05) is 25.2 Å². The van der Waals surface area contributed by atoms with Crippen molar-refractivity contribution >= 4 is 22.3 Å². The molecule has 3 rings (SSSR count). The SMILES string of the molecule is CCNC(=NCC(C)c1c(C)noc1C)N1CCN(c2cccs2)CC1. The van der Waals surface area contributed by atoms with E-state index in [0.717, 1.165) is 56.7 Å². The average molecular weight is 376 g/mol. The van der Waals surface area contributed by atoms with Crippen molar-refractivity contribution in [3.8, 4) is 0 Å². The molecular formula is C19H29N5OS. The summed E-state index contributed by atoms with van der Waals surface area (Å²) in [6.45, 7) is 13.9. The van der Waals surface area contributed by atoms with Gasteiger partial charge in [0.05, 0.1) is 10.7 Å². The molecule has 0 aromatic carbocycles. The van der Waals surface area contributed by atoms with Crippen LogP contribution in [0.2, 0.25) is 0 Å². The molecule has 3 heterocycles. The van der Waals surface area contributed by atoms with Crippen LogP contribution in [-0.2, 0) is 0 Å². The predicted octanol–water partition coefficient (Wildman–Crippen LogP) is 3.24. The highest BCUT2D eigenvalue weighted by Gasteiger charge is 2.21. The lowest BCUT2D eigenvalue weighted by Crippen LogP contribution is -2.52. The van der Waals surface area contributed by atoms with E-state index in [0.29, 0.717) is 5.92 Å². The van der Waals surface area contributed by atoms with Crippen molar-refractivity contribution in [2.45, 2.75) is 33.6 Å². The minimum atomic E-state index is 0.294. The molecule has 0 radical (unpaired) electrons. The molecule has 1 saturated heterocycles. The Morgan fingerprint density at radius 3 is 2.69 bits per heavy atom. The fraction of sp³-hybridized carbons (Fsp3) is 0.579. The van der Waals surface area contributed by atoms with E-state index >= 15 is 0 Å². The van der Waals surface area contributed by atoms with Crippen LogP contribution in [0.15, 0.2) is 27.0 Å². The smallest absolute Gasteiger partial charge is 0.194 e. The van der Waals surface area contributed by atoms with Crippen LogP contribution in [0.25, 0.3) is 0 Å². The molecule has 1 fully saturated rings. The summed E-state index contributed by atoms with van der Waals surface area (Å²) < 4.78 is 5.31. The fourth-order valence-electron chi connectivity index (χ4n) is 3.52. The van der Waals surface area contributed by atoms with Crippen molar-refractivity contribution in [2.24, 2.45) is 4.99 Å². The zero-order chi connectivity index (χ0) is 18.5. The van der Waals surface area contributed by atoms with Gasteiger partial charge in [-0.2, -0.15) is 0 Å². The van der Waals surface area contributed by atoms with Crippen LogP contribution < -0.4 is 10.2 Å². The molecule has 26 heavy (non-hydrogen) atoms. The Kier molecular flexibility index (Phi) is 6.19. The van der Waals surface area contributed by atoms with Gasteiger partial charge in [-0.25, -0.2) is 0 Å². The summed E-state index contributed by atoms with van der Waals surface area (Å²) in [5.74, 6) is 2.21. The number of thiophene rings is 1. The van der Waals surface area contributed by atoms with Gasteiger partial charge in [0.15, 0.2) is 5.96 Å². The lowest BCUT2D eigenvalue weighted by Gasteiger charge is -2.37. The molecule has 2 aromatic heterocycles. The van der Waals surface area contributed by atoms with Crippen LogP contribution in [0.3, 0.4) is 0 Å².